The summed E-state index contributed by atoms with van der Waals surface area (Å²) in [5.74, 6) is -1.77. The van der Waals surface area contributed by atoms with Crippen LogP contribution in [0.1, 0.15) is 33.6 Å². The van der Waals surface area contributed by atoms with Gasteiger partial charge in [-0.3, -0.25) is 0 Å². The van der Waals surface area contributed by atoms with Crippen molar-refractivity contribution in [1.29, 1.82) is 0 Å². The lowest BCUT2D eigenvalue weighted by Gasteiger charge is -2.14. The molecule has 0 aliphatic heterocycles. The monoisotopic (exact) mass is 462 g/mol. The third kappa shape index (κ3) is 6.71. The lowest BCUT2D eigenvalue weighted by Crippen LogP contribution is -2.16. The van der Waals surface area contributed by atoms with Gasteiger partial charge in [0.05, 0.1) is 31.2 Å². The highest BCUT2D eigenvalue weighted by Gasteiger charge is 2.30. The van der Waals surface area contributed by atoms with Gasteiger partial charge in [0.15, 0.2) is 0 Å². The van der Waals surface area contributed by atoms with Crippen LogP contribution in [0.2, 0.25) is 20.1 Å². The van der Waals surface area contributed by atoms with Gasteiger partial charge in [0.1, 0.15) is 13.2 Å². The summed E-state index contributed by atoms with van der Waals surface area (Å²) in [6.07, 6.45) is 11.4. The van der Waals surface area contributed by atoms with Crippen LogP contribution in [0.15, 0.2) is 49.6 Å². The van der Waals surface area contributed by atoms with Crippen molar-refractivity contribution in [3.63, 3.8) is 0 Å². The van der Waals surface area contributed by atoms with Crippen molar-refractivity contribution in [3.05, 3.63) is 80.8 Å². The molecule has 0 N–H and O–H groups in total. The second kappa shape index (κ2) is 12.7. The molecule has 0 aliphatic carbocycles. The van der Waals surface area contributed by atoms with Crippen molar-refractivity contribution < 1.29 is 19.1 Å². The maximum Gasteiger partial charge on any atom is 0.340 e. The Morgan fingerprint density at radius 2 is 1.04 bits per heavy atom. The lowest BCUT2D eigenvalue weighted by molar-refractivity contribution is 0.0503. The van der Waals surface area contributed by atoms with Gasteiger partial charge in [-0.1, -0.05) is 82.9 Å². The standard InChI is InChI=1S/C20H18Cl4O4/c1-3-5-7-9-11-27-19(25)13-14(16(22)18(24)17(23)15(13)21)20(26)28-12-10-8-6-4-2/h3-4,7-10H,1-2,5-6,11-12H2. The molecule has 1 rings (SSSR count). The van der Waals surface area contributed by atoms with Crippen LogP contribution in [0.4, 0.5) is 0 Å². The molecule has 1 aromatic rings. The van der Waals surface area contributed by atoms with Gasteiger partial charge in [-0.2, -0.15) is 0 Å². The van der Waals surface area contributed by atoms with E-state index in [0.29, 0.717) is 12.8 Å². The normalized spacial score (nSPS) is 11.0. The minimum absolute atomic E-state index is 0.0420. The number of esters is 2. The molecule has 0 aromatic heterocycles. The summed E-state index contributed by atoms with van der Waals surface area (Å²) >= 11 is 24.3. The van der Waals surface area contributed by atoms with E-state index in [1.54, 1.807) is 36.5 Å². The van der Waals surface area contributed by atoms with Gasteiger partial charge in [0.2, 0.25) is 0 Å². The van der Waals surface area contributed by atoms with Crippen molar-refractivity contribution in [1.82, 2.24) is 0 Å². The number of allylic oxidation sites excluding steroid dienone is 4. The van der Waals surface area contributed by atoms with Gasteiger partial charge in [-0.05, 0) is 12.8 Å². The topological polar surface area (TPSA) is 52.6 Å². The summed E-state index contributed by atoms with van der Waals surface area (Å²) in [5.41, 5.74) is -0.614. The van der Waals surface area contributed by atoms with Gasteiger partial charge < -0.3 is 9.47 Å². The van der Waals surface area contributed by atoms with Crippen molar-refractivity contribution >= 4 is 58.3 Å². The molecule has 0 heterocycles. The van der Waals surface area contributed by atoms with E-state index in [4.69, 9.17) is 55.9 Å². The largest absolute Gasteiger partial charge is 0.458 e. The van der Waals surface area contributed by atoms with Gasteiger partial charge in [0, 0.05) is 0 Å². The van der Waals surface area contributed by atoms with Crippen LogP contribution in [-0.2, 0) is 9.47 Å². The molecule has 0 saturated heterocycles. The first-order valence-corrected chi connectivity index (χ1v) is 9.59. The van der Waals surface area contributed by atoms with E-state index in [1.165, 1.54) is 0 Å². The fraction of sp³-hybridized carbons (Fsp3) is 0.200. The number of halogens is 4. The summed E-state index contributed by atoms with van der Waals surface area (Å²) in [4.78, 5) is 25.0. The minimum Gasteiger partial charge on any atom is -0.458 e. The molecule has 0 atom stereocenters. The molecule has 0 unspecified atom stereocenters. The van der Waals surface area contributed by atoms with Crippen LogP contribution in [0, 0.1) is 0 Å². The number of carbonyl (C=O) groups is 2. The number of hydrogen-bond donors (Lipinski definition) is 0. The van der Waals surface area contributed by atoms with Crippen molar-refractivity contribution in [2.24, 2.45) is 0 Å². The Hall–Kier alpha value is -1.72. The van der Waals surface area contributed by atoms with E-state index in [-0.39, 0.29) is 44.4 Å². The van der Waals surface area contributed by atoms with E-state index in [1.807, 2.05) is 0 Å². The molecule has 0 aliphatic rings. The highest BCUT2D eigenvalue weighted by molar-refractivity contribution is 6.54. The molecule has 8 heteroatoms. The maximum atomic E-state index is 12.5. The number of ether oxygens (including phenoxy) is 2. The Balaban J connectivity index is 3.16. The van der Waals surface area contributed by atoms with Crippen LogP contribution in [-0.4, -0.2) is 25.2 Å². The average molecular weight is 464 g/mol. The van der Waals surface area contributed by atoms with Crippen LogP contribution in [0.3, 0.4) is 0 Å². The van der Waals surface area contributed by atoms with E-state index in [0.717, 1.165) is 0 Å². The quantitative estimate of drug-likeness (QED) is 0.164. The fourth-order valence-corrected chi connectivity index (χ4v) is 2.93. The summed E-state index contributed by atoms with van der Waals surface area (Å²) in [7, 11) is 0. The third-order valence-corrected chi connectivity index (χ3v) is 5.04. The first-order chi connectivity index (χ1) is 13.4. The molecule has 0 bridgehead atoms. The highest BCUT2D eigenvalue weighted by atomic mass is 35.5. The SMILES string of the molecule is C=CCC=CCOC(=O)c1c(Cl)c(Cl)c(Cl)c(Cl)c1C(=O)OCC=CCC=C. The van der Waals surface area contributed by atoms with Crippen LogP contribution >= 0.6 is 46.4 Å². The average Bonchev–Trinajstić information content (AvgIpc) is 2.68. The van der Waals surface area contributed by atoms with Gasteiger partial charge in [-0.25, -0.2) is 9.59 Å². The molecule has 0 spiro atoms. The predicted molar refractivity (Wildman–Crippen MR) is 115 cm³/mol. The van der Waals surface area contributed by atoms with Crippen molar-refractivity contribution in [2.45, 2.75) is 12.8 Å². The first kappa shape index (κ1) is 24.3. The van der Waals surface area contributed by atoms with E-state index >= 15 is 0 Å². The smallest absolute Gasteiger partial charge is 0.340 e. The lowest BCUT2D eigenvalue weighted by atomic mass is 10.1. The van der Waals surface area contributed by atoms with Crippen LogP contribution in [0.25, 0.3) is 0 Å². The Labute approximate surface area is 184 Å². The molecule has 0 amide bonds. The second-order valence-electron chi connectivity index (χ2n) is 5.19. The predicted octanol–water partition coefficient (Wildman–Crippen LogP) is 6.88. The summed E-state index contributed by atoms with van der Waals surface area (Å²) in [6, 6.07) is 0. The molecular formula is C20H18Cl4O4. The molecule has 0 fully saturated rings. The molecule has 28 heavy (non-hydrogen) atoms. The molecule has 0 radical (unpaired) electrons. The van der Waals surface area contributed by atoms with E-state index in [2.05, 4.69) is 13.2 Å². The zero-order valence-electron chi connectivity index (χ0n) is 14.9. The van der Waals surface area contributed by atoms with Gasteiger partial charge in [-0.15, -0.1) is 13.2 Å². The van der Waals surface area contributed by atoms with E-state index < -0.39 is 11.9 Å². The Morgan fingerprint density at radius 1 is 0.679 bits per heavy atom. The zero-order chi connectivity index (χ0) is 21.1. The molecule has 150 valence electrons. The van der Waals surface area contributed by atoms with E-state index in [9.17, 15) is 9.59 Å². The van der Waals surface area contributed by atoms with Gasteiger partial charge in [0.25, 0.3) is 0 Å². The Bertz CT molecular complexity index is 746. The molecule has 1 aromatic carbocycles. The number of carbonyl (C=O) groups excluding carboxylic acids is 2. The first-order valence-electron chi connectivity index (χ1n) is 8.08. The zero-order valence-corrected chi connectivity index (χ0v) is 17.9. The van der Waals surface area contributed by atoms with Crippen LogP contribution < -0.4 is 0 Å². The Kier molecular flexibility index (Phi) is 11.0. The molecular weight excluding hydrogens is 446 g/mol. The summed E-state index contributed by atoms with van der Waals surface area (Å²) in [5, 5.41) is -0.814. The third-order valence-electron chi connectivity index (χ3n) is 3.24. The summed E-state index contributed by atoms with van der Waals surface area (Å²) in [6.45, 7) is 7.06. The minimum atomic E-state index is -0.886. The number of benzene rings is 1. The number of hydrogen-bond acceptors (Lipinski definition) is 4. The van der Waals surface area contributed by atoms with Crippen molar-refractivity contribution in [2.75, 3.05) is 13.2 Å². The highest BCUT2D eigenvalue weighted by Crippen LogP contribution is 2.42. The van der Waals surface area contributed by atoms with Crippen molar-refractivity contribution in [3.8, 4) is 0 Å². The number of rotatable bonds is 10. The Morgan fingerprint density at radius 3 is 1.36 bits per heavy atom. The molecule has 4 nitrogen and oxygen atoms in total. The summed E-state index contributed by atoms with van der Waals surface area (Å²) < 4.78 is 10.2. The molecule has 0 saturated carbocycles. The second-order valence-corrected chi connectivity index (χ2v) is 6.71. The van der Waals surface area contributed by atoms with Crippen LogP contribution in [0.5, 0.6) is 0 Å². The maximum absolute atomic E-state index is 12.5. The fourth-order valence-electron chi connectivity index (χ4n) is 1.93. The van der Waals surface area contributed by atoms with Gasteiger partial charge >= 0.3 is 11.9 Å².